The molecule has 0 radical (unpaired) electrons. The molecule has 3 nitrogen and oxygen atoms in total. The van der Waals surface area contributed by atoms with E-state index in [1.807, 2.05) is 0 Å². The predicted molar refractivity (Wildman–Crippen MR) is 52.7 cm³/mol. The van der Waals surface area contributed by atoms with Crippen LogP contribution in [0.15, 0.2) is 0 Å². The van der Waals surface area contributed by atoms with Crippen molar-refractivity contribution in [1.82, 2.24) is 10.2 Å². The van der Waals surface area contributed by atoms with Gasteiger partial charge in [-0.25, -0.2) is 0 Å². The van der Waals surface area contributed by atoms with E-state index in [1.165, 1.54) is 12.8 Å². The van der Waals surface area contributed by atoms with Crippen LogP contribution in [0.5, 0.6) is 0 Å². The average molecular weight is 184 g/mol. The van der Waals surface area contributed by atoms with E-state index in [0.29, 0.717) is 0 Å². The summed E-state index contributed by atoms with van der Waals surface area (Å²) in [5.41, 5.74) is -0.329. The smallest absolute Gasteiger partial charge is 0.0774 e. The van der Waals surface area contributed by atoms with Crippen molar-refractivity contribution < 1.29 is 5.11 Å². The standard InChI is InChI=1S/C10H20N2O/c13-10(3-1-4-10)9-12-7-2-5-11-6-8-12/h11,13H,1-9H2. The van der Waals surface area contributed by atoms with Gasteiger partial charge in [-0.15, -0.1) is 0 Å². The topological polar surface area (TPSA) is 35.5 Å². The Morgan fingerprint density at radius 3 is 2.69 bits per heavy atom. The number of nitrogens with zero attached hydrogens (tertiary/aromatic N) is 1. The van der Waals surface area contributed by atoms with Crippen LogP contribution in [0.25, 0.3) is 0 Å². The molecule has 3 heteroatoms. The van der Waals surface area contributed by atoms with Gasteiger partial charge in [-0.1, -0.05) is 0 Å². The molecule has 0 atom stereocenters. The number of hydrogen-bond donors (Lipinski definition) is 2. The van der Waals surface area contributed by atoms with Gasteiger partial charge >= 0.3 is 0 Å². The first kappa shape index (κ1) is 9.44. The van der Waals surface area contributed by atoms with Crippen LogP contribution in [-0.4, -0.2) is 48.3 Å². The summed E-state index contributed by atoms with van der Waals surface area (Å²) in [6, 6.07) is 0. The lowest BCUT2D eigenvalue weighted by Gasteiger charge is -2.40. The van der Waals surface area contributed by atoms with E-state index >= 15 is 0 Å². The van der Waals surface area contributed by atoms with E-state index in [0.717, 1.165) is 45.6 Å². The van der Waals surface area contributed by atoms with Gasteiger partial charge in [-0.3, -0.25) is 4.90 Å². The van der Waals surface area contributed by atoms with Gasteiger partial charge in [-0.2, -0.15) is 0 Å². The lowest BCUT2D eigenvalue weighted by molar-refractivity contribution is -0.0576. The van der Waals surface area contributed by atoms with Crippen molar-refractivity contribution in [3.05, 3.63) is 0 Å². The molecule has 0 amide bonds. The largest absolute Gasteiger partial charge is 0.389 e. The summed E-state index contributed by atoms with van der Waals surface area (Å²) in [6.45, 7) is 5.36. The molecule has 0 aromatic carbocycles. The van der Waals surface area contributed by atoms with Crippen molar-refractivity contribution in [3.8, 4) is 0 Å². The Labute approximate surface area is 80.1 Å². The van der Waals surface area contributed by atoms with Gasteiger partial charge in [0, 0.05) is 19.6 Å². The second-order valence-corrected chi connectivity index (χ2v) is 4.46. The Balaban J connectivity index is 1.78. The summed E-state index contributed by atoms with van der Waals surface area (Å²) in [4.78, 5) is 2.40. The quantitative estimate of drug-likeness (QED) is 0.643. The zero-order chi connectivity index (χ0) is 9.15. The summed E-state index contributed by atoms with van der Waals surface area (Å²) in [5, 5.41) is 13.4. The molecule has 76 valence electrons. The molecule has 1 aliphatic heterocycles. The van der Waals surface area contributed by atoms with E-state index in [9.17, 15) is 5.11 Å². The van der Waals surface area contributed by atoms with Crippen molar-refractivity contribution in [3.63, 3.8) is 0 Å². The van der Waals surface area contributed by atoms with Crippen LogP contribution < -0.4 is 5.32 Å². The number of nitrogens with one attached hydrogen (secondary N) is 1. The van der Waals surface area contributed by atoms with Crippen LogP contribution in [0, 0.1) is 0 Å². The van der Waals surface area contributed by atoms with Crippen LogP contribution in [0.3, 0.4) is 0 Å². The number of hydrogen-bond acceptors (Lipinski definition) is 3. The molecule has 1 heterocycles. The molecule has 2 fully saturated rings. The minimum Gasteiger partial charge on any atom is -0.389 e. The van der Waals surface area contributed by atoms with E-state index in [2.05, 4.69) is 10.2 Å². The molecule has 0 bridgehead atoms. The Bertz CT molecular complexity index is 160. The minimum absolute atomic E-state index is 0.329. The first-order valence-electron chi connectivity index (χ1n) is 5.44. The zero-order valence-electron chi connectivity index (χ0n) is 8.26. The normalized spacial score (nSPS) is 29.3. The lowest BCUT2D eigenvalue weighted by Crippen LogP contribution is -2.48. The second-order valence-electron chi connectivity index (χ2n) is 4.46. The molecular formula is C10H20N2O. The molecule has 0 aromatic rings. The molecule has 0 unspecified atom stereocenters. The Morgan fingerprint density at radius 2 is 2.00 bits per heavy atom. The van der Waals surface area contributed by atoms with Gasteiger partial charge in [-0.05, 0) is 38.8 Å². The summed E-state index contributed by atoms with van der Waals surface area (Å²) < 4.78 is 0. The van der Waals surface area contributed by atoms with Crippen molar-refractivity contribution in [2.45, 2.75) is 31.3 Å². The fraction of sp³-hybridized carbons (Fsp3) is 1.00. The van der Waals surface area contributed by atoms with Gasteiger partial charge in [0.05, 0.1) is 5.60 Å². The molecule has 0 spiro atoms. The van der Waals surface area contributed by atoms with Crippen molar-refractivity contribution in [2.24, 2.45) is 0 Å². The fourth-order valence-electron chi connectivity index (χ4n) is 2.22. The van der Waals surface area contributed by atoms with Crippen LogP contribution in [0.4, 0.5) is 0 Å². The highest BCUT2D eigenvalue weighted by atomic mass is 16.3. The van der Waals surface area contributed by atoms with Crippen LogP contribution in [-0.2, 0) is 0 Å². The fourth-order valence-corrected chi connectivity index (χ4v) is 2.22. The maximum atomic E-state index is 9.99. The van der Waals surface area contributed by atoms with Crippen LogP contribution >= 0.6 is 0 Å². The first-order valence-corrected chi connectivity index (χ1v) is 5.44. The van der Waals surface area contributed by atoms with Gasteiger partial charge in [0.1, 0.15) is 0 Å². The third kappa shape index (κ3) is 2.42. The Morgan fingerprint density at radius 1 is 1.15 bits per heavy atom. The third-order valence-corrected chi connectivity index (χ3v) is 3.23. The highest BCUT2D eigenvalue weighted by molar-refractivity contribution is 4.90. The maximum absolute atomic E-state index is 9.99. The predicted octanol–water partition coefficient (Wildman–Crippen LogP) is 0.197. The van der Waals surface area contributed by atoms with Crippen molar-refractivity contribution in [1.29, 1.82) is 0 Å². The maximum Gasteiger partial charge on any atom is 0.0774 e. The van der Waals surface area contributed by atoms with Crippen molar-refractivity contribution >= 4 is 0 Å². The molecule has 1 saturated heterocycles. The molecule has 0 aromatic heterocycles. The van der Waals surface area contributed by atoms with E-state index in [4.69, 9.17) is 0 Å². The summed E-state index contributed by atoms with van der Waals surface area (Å²) in [6.07, 6.45) is 4.45. The summed E-state index contributed by atoms with van der Waals surface area (Å²) in [5.74, 6) is 0. The summed E-state index contributed by atoms with van der Waals surface area (Å²) >= 11 is 0. The van der Waals surface area contributed by atoms with Gasteiger partial charge in [0.15, 0.2) is 0 Å². The van der Waals surface area contributed by atoms with Gasteiger partial charge in [0.25, 0.3) is 0 Å². The second kappa shape index (κ2) is 3.95. The highest BCUT2D eigenvalue weighted by Gasteiger charge is 2.35. The lowest BCUT2D eigenvalue weighted by atomic mass is 9.80. The average Bonchev–Trinajstić information content (AvgIpc) is 2.30. The molecule has 1 aliphatic carbocycles. The summed E-state index contributed by atoms with van der Waals surface area (Å²) in [7, 11) is 0. The highest BCUT2D eigenvalue weighted by Crippen LogP contribution is 2.32. The van der Waals surface area contributed by atoms with Crippen LogP contribution in [0.2, 0.25) is 0 Å². The number of aliphatic hydroxyl groups is 1. The molecule has 2 aliphatic rings. The molecule has 13 heavy (non-hydrogen) atoms. The number of rotatable bonds is 2. The third-order valence-electron chi connectivity index (χ3n) is 3.23. The van der Waals surface area contributed by atoms with E-state index < -0.39 is 0 Å². The molecular weight excluding hydrogens is 164 g/mol. The number of β-amino-alcohol motifs (C(OH)–C–C–N with tert-alkyl or cyclic N) is 1. The van der Waals surface area contributed by atoms with E-state index in [-0.39, 0.29) is 5.60 Å². The monoisotopic (exact) mass is 184 g/mol. The van der Waals surface area contributed by atoms with Crippen molar-refractivity contribution in [2.75, 3.05) is 32.7 Å². The van der Waals surface area contributed by atoms with Gasteiger partial charge < -0.3 is 10.4 Å². The molecule has 2 N–H and O–H groups in total. The Kier molecular flexibility index (Phi) is 2.86. The zero-order valence-corrected chi connectivity index (χ0v) is 8.26. The Hall–Kier alpha value is -0.120. The van der Waals surface area contributed by atoms with Crippen LogP contribution in [0.1, 0.15) is 25.7 Å². The van der Waals surface area contributed by atoms with E-state index in [1.54, 1.807) is 0 Å². The first-order chi connectivity index (χ1) is 6.29. The molecule has 2 rings (SSSR count). The molecule has 1 saturated carbocycles. The van der Waals surface area contributed by atoms with Gasteiger partial charge in [0.2, 0.25) is 0 Å². The minimum atomic E-state index is -0.329. The SMILES string of the molecule is OC1(CN2CCCNCC2)CCC1.